The molecule has 0 bridgehead atoms. The van der Waals surface area contributed by atoms with E-state index in [-0.39, 0.29) is 0 Å². The van der Waals surface area contributed by atoms with Crippen molar-refractivity contribution in [1.29, 1.82) is 0 Å². The Hall–Kier alpha value is -1.58. The number of aliphatic carboxylic acids is 1. The number of hydrogen-bond acceptors (Lipinski definition) is 3. The Morgan fingerprint density at radius 1 is 1.00 bits per heavy atom. The van der Waals surface area contributed by atoms with Crippen molar-refractivity contribution in [2.75, 3.05) is 6.61 Å². The van der Waals surface area contributed by atoms with Crippen LogP contribution in [0.15, 0.2) is 24.3 Å². The second kappa shape index (κ2) is 11.9. The zero-order valence-corrected chi connectivity index (χ0v) is 10.9. The fourth-order valence-electron chi connectivity index (χ4n) is 1.38. The van der Waals surface area contributed by atoms with Crippen molar-refractivity contribution < 1.29 is 19.4 Å². The Balaban J connectivity index is 3.45. The quantitative estimate of drug-likeness (QED) is 0.281. The topological polar surface area (TPSA) is 63.6 Å². The van der Waals surface area contributed by atoms with Gasteiger partial charge in [0.25, 0.3) is 0 Å². The molecular weight excluding hydrogens is 232 g/mol. The van der Waals surface area contributed by atoms with E-state index in [0.29, 0.717) is 6.61 Å². The molecule has 0 saturated carbocycles. The van der Waals surface area contributed by atoms with Crippen molar-refractivity contribution >= 4 is 11.9 Å². The predicted molar refractivity (Wildman–Crippen MR) is 70.3 cm³/mol. The molecule has 4 heteroatoms. The lowest BCUT2D eigenvalue weighted by atomic mass is 10.1. The molecule has 0 fully saturated rings. The van der Waals surface area contributed by atoms with Gasteiger partial charge in [-0.1, -0.05) is 51.2 Å². The van der Waals surface area contributed by atoms with Crippen molar-refractivity contribution in [1.82, 2.24) is 0 Å². The number of allylic oxidation sites excluding steroid dienone is 2. The van der Waals surface area contributed by atoms with E-state index < -0.39 is 11.9 Å². The third kappa shape index (κ3) is 12.5. The van der Waals surface area contributed by atoms with Gasteiger partial charge in [0, 0.05) is 12.2 Å². The summed E-state index contributed by atoms with van der Waals surface area (Å²) >= 11 is 0. The summed E-state index contributed by atoms with van der Waals surface area (Å²) in [4.78, 5) is 21.3. The Morgan fingerprint density at radius 3 is 2.28 bits per heavy atom. The molecule has 0 aliphatic carbocycles. The zero-order chi connectivity index (χ0) is 13.6. The lowest BCUT2D eigenvalue weighted by Gasteiger charge is -2.01. The molecule has 0 aromatic heterocycles. The molecule has 0 aliphatic rings. The van der Waals surface area contributed by atoms with Crippen LogP contribution in [0.3, 0.4) is 0 Å². The van der Waals surface area contributed by atoms with Gasteiger partial charge in [0.2, 0.25) is 0 Å². The Morgan fingerprint density at radius 2 is 1.61 bits per heavy atom. The summed E-state index contributed by atoms with van der Waals surface area (Å²) in [5.41, 5.74) is 0. The molecule has 1 N–H and O–H groups in total. The van der Waals surface area contributed by atoms with Crippen LogP contribution in [0.25, 0.3) is 0 Å². The first-order valence-corrected chi connectivity index (χ1v) is 6.41. The lowest BCUT2D eigenvalue weighted by Crippen LogP contribution is -2.02. The molecule has 0 saturated heterocycles. The molecule has 102 valence electrons. The summed E-state index contributed by atoms with van der Waals surface area (Å²) in [6.45, 7) is 2.60. The van der Waals surface area contributed by atoms with Gasteiger partial charge in [-0.25, -0.2) is 9.59 Å². The van der Waals surface area contributed by atoms with E-state index >= 15 is 0 Å². The average Bonchev–Trinajstić information content (AvgIpc) is 2.33. The van der Waals surface area contributed by atoms with Crippen molar-refractivity contribution in [2.24, 2.45) is 0 Å². The number of carboxylic acids is 1. The van der Waals surface area contributed by atoms with Crippen molar-refractivity contribution in [3.63, 3.8) is 0 Å². The van der Waals surface area contributed by atoms with Crippen LogP contribution in [0.5, 0.6) is 0 Å². The summed E-state index contributed by atoms with van der Waals surface area (Å²) < 4.78 is 4.95. The molecule has 0 aromatic carbocycles. The molecule has 0 rings (SSSR count). The van der Waals surface area contributed by atoms with Crippen LogP contribution < -0.4 is 0 Å². The highest BCUT2D eigenvalue weighted by Gasteiger charge is 1.96. The standard InChI is InChI=1S/C14H22O4/c1-2-3-4-5-6-9-12-18-14(17)11-8-7-10-13(15)16/h7-8,10-11H,2-6,9,12H2,1H3,(H,15,16). The number of ether oxygens (including phenoxy) is 1. The van der Waals surface area contributed by atoms with Crippen LogP contribution in [0.1, 0.15) is 45.4 Å². The van der Waals surface area contributed by atoms with Crippen LogP contribution in [0.4, 0.5) is 0 Å². The molecule has 0 amide bonds. The van der Waals surface area contributed by atoms with Crippen LogP contribution >= 0.6 is 0 Å². The highest BCUT2D eigenvalue weighted by Crippen LogP contribution is 2.04. The number of hydrogen-bond donors (Lipinski definition) is 1. The second-order valence-corrected chi connectivity index (χ2v) is 3.99. The van der Waals surface area contributed by atoms with E-state index in [1.807, 2.05) is 0 Å². The van der Waals surface area contributed by atoms with E-state index in [1.165, 1.54) is 43.9 Å². The second-order valence-electron chi connectivity index (χ2n) is 3.99. The van der Waals surface area contributed by atoms with Gasteiger partial charge < -0.3 is 9.84 Å². The van der Waals surface area contributed by atoms with Gasteiger partial charge in [-0.2, -0.15) is 0 Å². The van der Waals surface area contributed by atoms with Crippen LogP contribution in [0, 0.1) is 0 Å². The number of carbonyl (C=O) groups is 2. The van der Waals surface area contributed by atoms with Crippen molar-refractivity contribution in [2.45, 2.75) is 45.4 Å². The van der Waals surface area contributed by atoms with Gasteiger partial charge in [0.15, 0.2) is 0 Å². The highest BCUT2D eigenvalue weighted by atomic mass is 16.5. The van der Waals surface area contributed by atoms with E-state index in [2.05, 4.69) is 6.92 Å². The van der Waals surface area contributed by atoms with Crippen molar-refractivity contribution in [3.05, 3.63) is 24.3 Å². The van der Waals surface area contributed by atoms with Gasteiger partial charge in [0.1, 0.15) is 0 Å². The molecule has 0 unspecified atom stereocenters. The third-order valence-corrected chi connectivity index (χ3v) is 2.32. The van der Waals surface area contributed by atoms with Crippen molar-refractivity contribution in [3.8, 4) is 0 Å². The lowest BCUT2D eigenvalue weighted by molar-refractivity contribution is -0.138. The van der Waals surface area contributed by atoms with Gasteiger partial charge >= 0.3 is 11.9 Å². The Labute approximate surface area is 108 Å². The Kier molecular flexibility index (Phi) is 10.8. The largest absolute Gasteiger partial charge is 0.478 e. The number of carboxylic acid groups (broad SMARTS) is 1. The van der Waals surface area contributed by atoms with E-state index in [4.69, 9.17) is 9.84 Å². The molecular formula is C14H22O4. The average molecular weight is 254 g/mol. The summed E-state index contributed by atoms with van der Waals surface area (Å²) in [5.74, 6) is -1.47. The molecule has 0 atom stereocenters. The molecule has 0 heterocycles. The summed E-state index contributed by atoms with van der Waals surface area (Å²) in [6, 6.07) is 0. The number of carbonyl (C=O) groups excluding carboxylic acids is 1. The predicted octanol–water partition coefficient (Wildman–Crippen LogP) is 3.09. The fourth-order valence-corrected chi connectivity index (χ4v) is 1.38. The molecule has 0 spiro atoms. The molecule has 18 heavy (non-hydrogen) atoms. The molecule has 0 aliphatic heterocycles. The maximum absolute atomic E-state index is 11.1. The summed E-state index contributed by atoms with van der Waals surface area (Å²) in [7, 11) is 0. The van der Waals surface area contributed by atoms with Crippen LogP contribution in [0.2, 0.25) is 0 Å². The van der Waals surface area contributed by atoms with Gasteiger partial charge in [-0.05, 0) is 6.42 Å². The Bertz CT molecular complexity index is 292. The normalized spacial score (nSPS) is 11.2. The summed E-state index contributed by atoms with van der Waals surface area (Å²) in [6.07, 6.45) is 11.7. The molecule has 0 aromatic rings. The SMILES string of the molecule is CCCCCCCCOC(=O)C=CC=CC(=O)O. The minimum Gasteiger partial charge on any atom is -0.478 e. The van der Waals surface area contributed by atoms with E-state index in [1.54, 1.807) is 0 Å². The number of unbranched alkanes of at least 4 members (excludes halogenated alkanes) is 5. The van der Waals surface area contributed by atoms with E-state index in [9.17, 15) is 9.59 Å². The van der Waals surface area contributed by atoms with Gasteiger partial charge in [-0.3, -0.25) is 0 Å². The maximum atomic E-state index is 11.1. The van der Waals surface area contributed by atoms with Crippen LogP contribution in [-0.4, -0.2) is 23.7 Å². The summed E-state index contributed by atoms with van der Waals surface area (Å²) in [5, 5.41) is 8.30. The minimum atomic E-state index is -1.04. The zero-order valence-electron chi connectivity index (χ0n) is 10.9. The first-order valence-electron chi connectivity index (χ1n) is 6.41. The monoisotopic (exact) mass is 254 g/mol. The molecule has 0 radical (unpaired) electrons. The maximum Gasteiger partial charge on any atom is 0.330 e. The first-order chi connectivity index (χ1) is 8.66. The fraction of sp³-hybridized carbons (Fsp3) is 0.571. The number of rotatable bonds is 10. The van der Waals surface area contributed by atoms with Gasteiger partial charge in [0.05, 0.1) is 6.61 Å². The third-order valence-electron chi connectivity index (χ3n) is 2.32. The smallest absolute Gasteiger partial charge is 0.330 e. The minimum absolute atomic E-state index is 0.429. The van der Waals surface area contributed by atoms with Gasteiger partial charge in [-0.15, -0.1) is 0 Å². The molecule has 4 nitrogen and oxygen atoms in total. The van der Waals surface area contributed by atoms with E-state index in [0.717, 1.165) is 18.9 Å². The highest BCUT2D eigenvalue weighted by molar-refractivity contribution is 5.83. The first kappa shape index (κ1) is 16.4. The van der Waals surface area contributed by atoms with Crippen LogP contribution in [-0.2, 0) is 14.3 Å². The number of esters is 1.